The Morgan fingerprint density at radius 1 is 0.917 bits per heavy atom. The average molecular weight is 690 g/mol. The molecule has 4 N–H and O–H groups in total. The van der Waals surface area contributed by atoms with Gasteiger partial charge in [-0.15, -0.1) is 0 Å². The van der Waals surface area contributed by atoms with Crippen LogP contribution in [0, 0.1) is 6.92 Å². The summed E-state index contributed by atoms with van der Waals surface area (Å²) in [6.45, 7) is 12.1. The zero-order valence-electron chi connectivity index (χ0n) is 28.5. The fourth-order valence-electron chi connectivity index (χ4n) is 6.12. The third-order valence-corrected chi connectivity index (χ3v) is 10.3. The van der Waals surface area contributed by atoms with Crippen molar-refractivity contribution in [3.63, 3.8) is 0 Å². The lowest BCUT2D eigenvalue weighted by Crippen LogP contribution is -2.47. The first-order valence-corrected chi connectivity index (χ1v) is 18.5. The number of amides is 4. The van der Waals surface area contributed by atoms with Gasteiger partial charge in [0.15, 0.2) is 0 Å². The van der Waals surface area contributed by atoms with Crippen LogP contribution < -0.4 is 21.3 Å². The highest BCUT2D eigenvalue weighted by molar-refractivity contribution is 8.00. The molecule has 0 spiro atoms. The van der Waals surface area contributed by atoms with E-state index in [0.717, 1.165) is 62.2 Å². The number of rotatable bonds is 23. The molecule has 4 amide bonds. The number of ether oxygens (including phenoxy) is 4. The van der Waals surface area contributed by atoms with E-state index in [1.165, 1.54) is 5.56 Å². The van der Waals surface area contributed by atoms with Gasteiger partial charge in [0, 0.05) is 55.2 Å². The van der Waals surface area contributed by atoms with Crippen LogP contribution in [0.4, 0.5) is 4.79 Å². The van der Waals surface area contributed by atoms with Gasteiger partial charge < -0.3 is 45.1 Å². The van der Waals surface area contributed by atoms with E-state index in [-0.39, 0.29) is 36.0 Å². The number of thioether (sulfide) groups is 1. The summed E-state index contributed by atoms with van der Waals surface area (Å²) in [4.78, 5) is 38.2. The van der Waals surface area contributed by atoms with E-state index in [1.807, 2.05) is 11.8 Å². The molecule has 3 heterocycles. The highest BCUT2D eigenvalue weighted by atomic mass is 32.2. The lowest BCUT2D eigenvalue weighted by atomic mass is 10.0. The maximum absolute atomic E-state index is 12.4. The highest BCUT2D eigenvalue weighted by Crippen LogP contribution is 2.33. The number of likely N-dealkylation sites (tertiary alicyclic amines) is 1. The monoisotopic (exact) mass is 689 g/mol. The molecular formula is C35H55N5O7S. The van der Waals surface area contributed by atoms with Crippen molar-refractivity contribution in [2.24, 2.45) is 0 Å². The van der Waals surface area contributed by atoms with Crippen molar-refractivity contribution in [3.05, 3.63) is 42.0 Å². The molecule has 3 aliphatic heterocycles. The summed E-state index contributed by atoms with van der Waals surface area (Å²) >= 11 is 1.90. The molecule has 0 aliphatic carbocycles. The van der Waals surface area contributed by atoms with Crippen LogP contribution in [0.3, 0.4) is 0 Å². The standard InChI is InChI=1S/C35H55N5O7S/c1-26-9-11-28(12-10-26)27(2)40-15-5-6-29(24-40)37-33(42)13-16-44-18-20-46-22-23-47-21-19-45-17-14-36-32(41)8-4-3-7-31-34-30(25-48-31)38-35(43)39-34/h9-12,29-31,34H,2-8,13-25H2,1H3,(H,36,41)(H,37,42)(H2,38,39,43)/t29?,30?,31-,34?/m0/s1. The van der Waals surface area contributed by atoms with Gasteiger partial charge in [-0.05, 0) is 38.2 Å². The molecule has 4 rings (SSSR count). The zero-order chi connectivity index (χ0) is 34.0. The first-order chi connectivity index (χ1) is 23.4. The largest absolute Gasteiger partial charge is 0.379 e. The summed E-state index contributed by atoms with van der Waals surface area (Å²) in [5, 5.41) is 12.4. The molecule has 4 atom stereocenters. The molecule has 268 valence electrons. The van der Waals surface area contributed by atoms with Crippen LogP contribution in [-0.4, -0.2) is 124 Å². The average Bonchev–Trinajstić information content (AvgIpc) is 3.64. The summed E-state index contributed by atoms with van der Waals surface area (Å²) in [5.41, 5.74) is 3.35. The number of urea groups is 1. The van der Waals surface area contributed by atoms with E-state index in [0.29, 0.717) is 77.5 Å². The Hall–Kier alpha value is -2.84. The number of unbranched alkanes of at least 4 members (excludes halogenated alkanes) is 1. The van der Waals surface area contributed by atoms with Gasteiger partial charge in [-0.2, -0.15) is 11.8 Å². The van der Waals surface area contributed by atoms with Crippen LogP contribution in [-0.2, 0) is 28.5 Å². The molecule has 48 heavy (non-hydrogen) atoms. The fourth-order valence-corrected chi connectivity index (χ4v) is 7.66. The number of carbonyl (C=O) groups excluding carboxylic acids is 3. The predicted molar refractivity (Wildman–Crippen MR) is 188 cm³/mol. The molecular weight excluding hydrogens is 634 g/mol. The van der Waals surface area contributed by atoms with Crippen LogP contribution in [0.5, 0.6) is 0 Å². The van der Waals surface area contributed by atoms with Crippen molar-refractivity contribution in [1.29, 1.82) is 0 Å². The Balaban J connectivity index is 0.870. The van der Waals surface area contributed by atoms with Crippen LogP contribution in [0.2, 0.25) is 0 Å². The molecule has 1 aromatic carbocycles. The number of nitrogens with zero attached hydrogens (tertiary/aromatic N) is 1. The molecule has 1 aromatic rings. The second-order valence-corrected chi connectivity index (χ2v) is 13.9. The third-order valence-electron chi connectivity index (χ3n) is 8.79. The number of benzene rings is 1. The maximum atomic E-state index is 12.4. The Kier molecular flexibility index (Phi) is 16.8. The smallest absolute Gasteiger partial charge is 0.315 e. The van der Waals surface area contributed by atoms with E-state index in [2.05, 4.69) is 63.9 Å². The van der Waals surface area contributed by atoms with Gasteiger partial charge in [0.25, 0.3) is 0 Å². The van der Waals surface area contributed by atoms with Crippen molar-refractivity contribution in [2.75, 3.05) is 78.2 Å². The zero-order valence-corrected chi connectivity index (χ0v) is 29.3. The Morgan fingerprint density at radius 3 is 2.33 bits per heavy atom. The minimum absolute atomic E-state index is 0.00457. The van der Waals surface area contributed by atoms with Crippen molar-refractivity contribution in [1.82, 2.24) is 26.2 Å². The topological polar surface area (TPSA) is 139 Å². The van der Waals surface area contributed by atoms with Crippen molar-refractivity contribution in [2.45, 2.75) is 75.2 Å². The summed E-state index contributed by atoms with van der Waals surface area (Å²) in [6.07, 6.45) is 5.64. The minimum atomic E-state index is -0.0605. The molecule has 0 saturated carbocycles. The van der Waals surface area contributed by atoms with Gasteiger partial charge in [-0.1, -0.05) is 42.8 Å². The fraction of sp³-hybridized carbons (Fsp3) is 0.686. The van der Waals surface area contributed by atoms with E-state index in [9.17, 15) is 14.4 Å². The number of fused-ring (bicyclic) bond motifs is 1. The molecule has 3 saturated heterocycles. The number of carbonyl (C=O) groups is 3. The second-order valence-electron chi connectivity index (χ2n) is 12.6. The summed E-state index contributed by atoms with van der Waals surface area (Å²) in [7, 11) is 0. The second kappa shape index (κ2) is 21.3. The van der Waals surface area contributed by atoms with E-state index in [4.69, 9.17) is 18.9 Å². The first kappa shape index (κ1) is 38.0. The number of nitrogens with one attached hydrogen (secondary N) is 4. The van der Waals surface area contributed by atoms with Crippen LogP contribution >= 0.6 is 11.8 Å². The molecule has 12 nitrogen and oxygen atoms in total. The van der Waals surface area contributed by atoms with Crippen molar-refractivity contribution >= 4 is 35.3 Å². The first-order valence-electron chi connectivity index (χ1n) is 17.5. The van der Waals surface area contributed by atoms with Crippen LogP contribution in [0.25, 0.3) is 5.70 Å². The van der Waals surface area contributed by atoms with Gasteiger partial charge >= 0.3 is 6.03 Å². The van der Waals surface area contributed by atoms with Gasteiger partial charge in [-0.3, -0.25) is 9.59 Å². The van der Waals surface area contributed by atoms with Crippen LogP contribution in [0.15, 0.2) is 30.8 Å². The molecule has 3 fully saturated rings. The normalized spacial score (nSPS) is 21.8. The molecule has 13 heteroatoms. The number of hydrogen-bond donors (Lipinski definition) is 4. The van der Waals surface area contributed by atoms with Crippen molar-refractivity contribution < 1.29 is 33.3 Å². The Morgan fingerprint density at radius 2 is 1.60 bits per heavy atom. The lowest BCUT2D eigenvalue weighted by molar-refractivity contribution is -0.123. The number of piperidine rings is 1. The molecule has 0 radical (unpaired) electrons. The Labute approximate surface area is 289 Å². The molecule has 0 aromatic heterocycles. The van der Waals surface area contributed by atoms with Gasteiger partial charge in [-0.25, -0.2) is 4.79 Å². The SMILES string of the molecule is C=C(c1ccc(C)cc1)N1CCCC(NC(=O)CCOCCOCCOCCOCCNC(=O)CCCC[C@@H]2SCC3NC(=O)NC32)C1. The summed E-state index contributed by atoms with van der Waals surface area (Å²) in [6, 6.07) is 8.92. The maximum Gasteiger partial charge on any atom is 0.315 e. The predicted octanol–water partition coefficient (Wildman–Crippen LogP) is 2.84. The molecule has 3 unspecified atom stereocenters. The number of aryl methyl sites for hydroxylation is 1. The molecule has 3 aliphatic rings. The van der Waals surface area contributed by atoms with E-state index >= 15 is 0 Å². The van der Waals surface area contributed by atoms with E-state index in [1.54, 1.807) is 0 Å². The van der Waals surface area contributed by atoms with Gasteiger partial charge in [0.1, 0.15) is 0 Å². The summed E-state index contributed by atoms with van der Waals surface area (Å²) < 4.78 is 22.1. The quantitative estimate of drug-likeness (QED) is 0.101. The Bertz CT molecular complexity index is 1160. The highest BCUT2D eigenvalue weighted by Gasteiger charge is 2.42. The summed E-state index contributed by atoms with van der Waals surface area (Å²) in [5.74, 6) is 1.01. The van der Waals surface area contributed by atoms with Gasteiger partial charge in [0.05, 0.1) is 64.9 Å². The van der Waals surface area contributed by atoms with Crippen LogP contribution in [0.1, 0.15) is 56.1 Å². The van der Waals surface area contributed by atoms with Crippen molar-refractivity contribution in [3.8, 4) is 0 Å². The number of hydrogen-bond acceptors (Lipinski definition) is 9. The lowest BCUT2D eigenvalue weighted by Gasteiger charge is -2.36. The minimum Gasteiger partial charge on any atom is -0.379 e. The molecule has 0 bridgehead atoms. The van der Waals surface area contributed by atoms with Gasteiger partial charge in [0.2, 0.25) is 11.8 Å². The van der Waals surface area contributed by atoms with E-state index < -0.39 is 0 Å². The third kappa shape index (κ3) is 13.6.